The van der Waals surface area contributed by atoms with E-state index < -0.39 is 28.2 Å². The van der Waals surface area contributed by atoms with Crippen molar-refractivity contribution in [1.82, 2.24) is 0 Å². The van der Waals surface area contributed by atoms with E-state index in [1.165, 1.54) is 13.2 Å². The van der Waals surface area contributed by atoms with Crippen LogP contribution in [0.25, 0.3) is 0 Å². The van der Waals surface area contributed by atoms with E-state index in [-0.39, 0.29) is 11.9 Å². The molecule has 0 saturated carbocycles. The fraction of sp³-hybridized carbons (Fsp3) is 0.607. The Balaban J connectivity index is 6.33. The van der Waals surface area contributed by atoms with Gasteiger partial charge in [-0.1, -0.05) is 94.5 Å². The van der Waals surface area contributed by atoms with Crippen LogP contribution in [-0.4, -0.2) is 46.5 Å². The number of halogens is 1. The summed E-state index contributed by atoms with van der Waals surface area (Å²) in [6.07, 6.45) is 13.4. The lowest BCUT2D eigenvalue weighted by atomic mass is 9.98. The first-order valence-electron chi connectivity index (χ1n) is 13.2. The van der Waals surface area contributed by atoms with Crippen LogP contribution in [0.5, 0.6) is 0 Å². The molecule has 0 fully saturated rings. The van der Waals surface area contributed by atoms with Gasteiger partial charge in [-0.25, -0.2) is 4.79 Å². The number of carboxylic acids is 1. The maximum atomic E-state index is 11.1. The van der Waals surface area contributed by atoms with Crippen molar-refractivity contribution in [3.8, 4) is 0 Å². The molecule has 0 bridgehead atoms. The Hall–Kier alpha value is -0.946. The lowest BCUT2D eigenvalue weighted by Gasteiger charge is -2.45. The summed E-state index contributed by atoms with van der Waals surface area (Å²) >= 11 is 2.28. The van der Waals surface area contributed by atoms with Gasteiger partial charge in [0.1, 0.15) is 5.60 Å². The normalized spacial score (nSPS) is 16.7. The zero-order valence-electron chi connectivity index (χ0n) is 23.9. The summed E-state index contributed by atoms with van der Waals surface area (Å²) in [7, 11) is -2.46. The molecular formula is C28H49IO5Si2. The van der Waals surface area contributed by atoms with Gasteiger partial charge in [-0.3, -0.25) is 0 Å². The van der Waals surface area contributed by atoms with E-state index in [1.807, 2.05) is 31.2 Å². The summed E-state index contributed by atoms with van der Waals surface area (Å²) in [5.74, 6) is -1.17. The number of methoxy groups -OCH3 is 1. The molecule has 1 N–H and O–H groups in total. The average molecular weight is 649 g/mol. The van der Waals surface area contributed by atoms with E-state index >= 15 is 0 Å². The largest absolute Gasteiger partial charge is 0.490 e. The van der Waals surface area contributed by atoms with Gasteiger partial charge in [-0.2, -0.15) is 0 Å². The molecule has 0 aliphatic rings. The molecule has 36 heavy (non-hydrogen) atoms. The fourth-order valence-corrected chi connectivity index (χ4v) is 10.6. The average Bonchev–Trinajstić information content (AvgIpc) is 2.88. The lowest BCUT2D eigenvalue weighted by molar-refractivity contribution is -0.136. The smallest absolute Gasteiger partial charge is 0.371 e. The highest BCUT2D eigenvalue weighted by atomic mass is 127. The molecule has 0 amide bonds. The number of allylic oxidation sites excluding steroid dienone is 6. The third-order valence-electron chi connectivity index (χ3n) is 7.29. The predicted octanol–water partition coefficient (Wildman–Crippen LogP) is 8.78. The second kappa shape index (κ2) is 17.5. The van der Waals surface area contributed by atoms with E-state index in [0.717, 1.165) is 41.8 Å². The van der Waals surface area contributed by atoms with Crippen molar-refractivity contribution in [3.63, 3.8) is 0 Å². The predicted molar refractivity (Wildman–Crippen MR) is 167 cm³/mol. The van der Waals surface area contributed by atoms with Gasteiger partial charge < -0.3 is 18.7 Å². The first kappa shape index (κ1) is 35.1. The molecule has 0 aromatic rings. The number of carboxylic acid groups (broad SMARTS) is 1. The van der Waals surface area contributed by atoms with Crippen LogP contribution < -0.4 is 0 Å². The molecular weight excluding hydrogens is 599 g/mol. The molecule has 0 spiro atoms. The molecule has 0 aliphatic carbocycles. The van der Waals surface area contributed by atoms with Gasteiger partial charge in [0, 0.05) is 0 Å². The molecule has 2 atom stereocenters. The Morgan fingerprint density at radius 2 is 1.47 bits per heavy atom. The Bertz CT molecular complexity index is 794. The van der Waals surface area contributed by atoms with E-state index in [0.29, 0.717) is 0 Å². The Morgan fingerprint density at radius 3 is 1.89 bits per heavy atom. The highest BCUT2D eigenvalue weighted by molar-refractivity contribution is 14.1. The topological polar surface area (TPSA) is 65.0 Å². The minimum Gasteiger partial charge on any atom is -0.490 e. The van der Waals surface area contributed by atoms with E-state index in [4.69, 9.17) is 18.7 Å². The summed E-state index contributed by atoms with van der Waals surface area (Å²) in [4.78, 5) is 11.1. The molecule has 0 radical (unpaired) electrons. The molecule has 0 rings (SSSR count). The van der Waals surface area contributed by atoms with Crippen LogP contribution in [0.3, 0.4) is 0 Å². The minimum absolute atomic E-state index is 0.0883. The molecule has 0 aromatic heterocycles. The van der Waals surface area contributed by atoms with Gasteiger partial charge in [0.2, 0.25) is 5.76 Å². The Labute approximate surface area is 236 Å². The molecule has 206 valence electrons. The standard InChI is InChI=1S/C28H49IO5Si2/c1-10-35(11-2,12-3)33-26(20-22-29)28(8,34-36(13-4,14-5)15-6)21-18-16-17-19-24(7)23-25(32-9)27(30)31/h16-23,26H,10-15H2,1-9H3,(H,30,31)/b17-16+,21-18-,22-20+,24-19+,25-23-/t26-,28+/m0/s1. The molecule has 0 aromatic carbocycles. The SMILES string of the molecule is CC[Si](CC)(CC)O[C@@H](/C=C/I)[C@@](C)(\C=C/C=C/C=C(C)/C=C(\OC)C(=O)O)O[Si](CC)(CC)CC. The second-order valence-electron chi connectivity index (χ2n) is 9.30. The quantitative estimate of drug-likeness (QED) is 0.0529. The van der Waals surface area contributed by atoms with E-state index in [2.05, 4.69) is 87.3 Å². The number of hydrogen-bond acceptors (Lipinski definition) is 4. The third-order valence-corrected chi connectivity index (χ3v) is 17.1. The van der Waals surface area contributed by atoms with Gasteiger partial charge in [-0.05, 0) is 71.9 Å². The van der Waals surface area contributed by atoms with Crippen LogP contribution in [0.15, 0.2) is 57.9 Å². The minimum atomic E-state index is -1.94. The highest BCUT2D eigenvalue weighted by Crippen LogP contribution is 2.36. The number of ether oxygens (including phenoxy) is 1. The number of hydrogen-bond donors (Lipinski definition) is 1. The summed E-state index contributed by atoms with van der Waals surface area (Å²) < 4.78 is 21.1. The van der Waals surface area contributed by atoms with Crippen molar-refractivity contribution >= 4 is 45.2 Å². The lowest BCUT2D eigenvalue weighted by Crippen LogP contribution is -2.54. The van der Waals surface area contributed by atoms with Gasteiger partial charge in [0.05, 0.1) is 13.2 Å². The Kier molecular flexibility index (Phi) is 17.1. The number of rotatable bonds is 18. The number of aliphatic carboxylic acids is 1. The number of carbonyl (C=O) groups is 1. The zero-order chi connectivity index (χ0) is 27.8. The van der Waals surface area contributed by atoms with Gasteiger partial charge in [0.15, 0.2) is 16.6 Å². The molecule has 0 saturated heterocycles. The fourth-order valence-electron chi connectivity index (χ4n) is 4.28. The van der Waals surface area contributed by atoms with Gasteiger partial charge in [0.25, 0.3) is 0 Å². The first-order valence-corrected chi connectivity index (χ1v) is 19.5. The van der Waals surface area contributed by atoms with Crippen LogP contribution in [-0.2, 0) is 18.4 Å². The van der Waals surface area contributed by atoms with Crippen molar-refractivity contribution in [2.24, 2.45) is 0 Å². The van der Waals surface area contributed by atoms with Crippen molar-refractivity contribution < 1.29 is 23.5 Å². The third kappa shape index (κ3) is 10.8. The van der Waals surface area contributed by atoms with Crippen LogP contribution in [0, 0.1) is 0 Å². The molecule has 0 unspecified atom stereocenters. The maximum absolute atomic E-state index is 11.1. The maximum Gasteiger partial charge on any atom is 0.371 e. The summed E-state index contributed by atoms with van der Waals surface area (Å²) in [5.41, 5.74) is 0.189. The van der Waals surface area contributed by atoms with Crippen molar-refractivity contribution in [1.29, 1.82) is 0 Å². The summed E-state index contributed by atoms with van der Waals surface area (Å²) in [5, 5.41) is 9.13. The van der Waals surface area contributed by atoms with Gasteiger partial charge in [-0.15, -0.1) is 0 Å². The van der Waals surface area contributed by atoms with Crippen molar-refractivity contribution in [3.05, 3.63) is 57.9 Å². The molecule has 8 heteroatoms. The van der Waals surface area contributed by atoms with E-state index in [1.54, 1.807) is 0 Å². The monoisotopic (exact) mass is 648 g/mol. The summed E-state index contributed by atoms with van der Waals surface area (Å²) in [6, 6.07) is 6.45. The van der Waals surface area contributed by atoms with Crippen LogP contribution in [0.1, 0.15) is 55.4 Å². The van der Waals surface area contributed by atoms with Crippen molar-refractivity contribution in [2.45, 2.75) is 103 Å². The zero-order valence-corrected chi connectivity index (χ0v) is 28.1. The Morgan fingerprint density at radius 1 is 0.944 bits per heavy atom. The molecule has 5 nitrogen and oxygen atoms in total. The van der Waals surface area contributed by atoms with E-state index in [9.17, 15) is 4.79 Å². The molecule has 0 heterocycles. The van der Waals surface area contributed by atoms with Crippen LogP contribution in [0.2, 0.25) is 36.3 Å². The first-order chi connectivity index (χ1) is 17.0. The molecule has 0 aliphatic heterocycles. The second-order valence-corrected chi connectivity index (χ2v) is 19.4. The van der Waals surface area contributed by atoms with Crippen LogP contribution in [0.4, 0.5) is 0 Å². The van der Waals surface area contributed by atoms with Gasteiger partial charge >= 0.3 is 5.97 Å². The summed E-state index contributed by atoms with van der Waals surface area (Å²) in [6.45, 7) is 17.5. The van der Waals surface area contributed by atoms with Crippen molar-refractivity contribution in [2.75, 3.05) is 7.11 Å². The van der Waals surface area contributed by atoms with Crippen LogP contribution >= 0.6 is 22.6 Å². The highest BCUT2D eigenvalue weighted by Gasteiger charge is 2.44.